The molecule has 1 heterocycles. The van der Waals surface area contributed by atoms with Crippen LogP contribution in [-0.4, -0.2) is 35.6 Å². The van der Waals surface area contributed by atoms with E-state index in [0.29, 0.717) is 45.8 Å². The van der Waals surface area contributed by atoms with Gasteiger partial charge >= 0.3 is 5.97 Å². The first-order chi connectivity index (χ1) is 17.5. The van der Waals surface area contributed by atoms with Crippen molar-refractivity contribution >= 4 is 40.6 Å². The van der Waals surface area contributed by atoms with Gasteiger partial charge < -0.3 is 9.47 Å². The molecule has 7 nitrogen and oxygen atoms in total. The maximum atomic E-state index is 13.0. The quantitative estimate of drug-likeness (QED) is 0.314. The van der Waals surface area contributed by atoms with Gasteiger partial charge in [0.05, 0.1) is 34.9 Å². The van der Waals surface area contributed by atoms with Crippen molar-refractivity contribution in [3.63, 3.8) is 0 Å². The predicted molar refractivity (Wildman–Crippen MR) is 140 cm³/mol. The van der Waals surface area contributed by atoms with Crippen LogP contribution in [0.3, 0.4) is 0 Å². The van der Waals surface area contributed by atoms with Gasteiger partial charge in [0.25, 0.3) is 5.91 Å². The zero-order valence-electron chi connectivity index (χ0n) is 19.8. The lowest BCUT2D eigenvalue weighted by atomic mass is 10.1. The molecule has 0 N–H and O–H groups in total. The zero-order valence-corrected chi connectivity index (χ0v) is 20.6. The third-order valence-corrected chi connectivity index (χ3v) is 6.43. The minimum Gasteiger partial charge on any atom is -0.489 e. The lowest BCUT2D eigenvalue weighted by Gasteiger charge is -2.12. The largest absolute Gasteiger partial charge is 0.489 e. The normalized spacial score (nSPS) is 15.2. The number of amidine groups is 1. The van der Waals surface area contributed by atoms with Gasteiger partial charge in [-0.05, 0) is 72.8 Å². The Morgan fingerprint density at radius 3 is 2.47 bits per heavy atom. The molecule has 1 aliphatic heterocycles. The molecule has 0 radical (unpaired) electrons. The van der Waals surface area contributed by atoms with Crippen LogP contribution in [0.15, 0.2) is 82.7 Å². The molecule has 3 aromatic rings. The number of methoxy groups -OCH3 is 1. The summed E-state index contributed by atoms with van der Waals surface area (Å²) >= 11 is 1.31. The smallest absolute Gasteiger partial charge is 0.337 e. The molecule has 0 spiro atoms. The second kappa shape index (κ2) is 11.4. The number of hydrogen-bond donors (Lipinski definition) is 0. The summed E-state index contributed by atoms with van der Waals surface area (Å²) in [7, 11) is 1.33. The number of hydrogen-bond acceptors (Lipinski definition) is 7. The van der Waals surface area contributed by atoms with E-state index in [9.17, 15) is 14.9 Å². The fourth-order valence-electron chi connectivity index (χ4n) is 3.50. The molecule has 0 bridgehead atoms. The van der Waals surface area contributed by atoms with Crippen LogP contribution >= 0.6 is 11.8 Å². The molecule has 3 aromatic carbocycles. The van der Waals surface area contributed by atoms with Crippen molar-refractivity contribution < 1.29 is 19.1 Å². The highest BCUT2D eigenvalue weighted by atomic mass is 32.2. The van der Waals surface area contributed by atoms with Crippen molar-refractivity contribution in [2.24, 2.45) is 4.99 Å². The molecule has 0 saturated carbocycles. The Morgan fingerprint density at radius 1 is 1.08 bits per heavy atom. The first kappa shape index (κ1) is 24.8. The second-order valence-electron chi connectivity index (χ2n) is 7.72. The van der Waals surface area contributed by atoms with E-state index >= 15 is 0 Å². The fraction of sp³-hybridized carbons (Fsp3) is 0.143. The summed E-state index contributed by atoms with van der Waals surface area (Å²) < 4.78 is 10.5. The predicted octanol–water partition coefficient (Wildman–Crippen LogP) is 5.55. The summed E-state index contributed by atoms with van der Waals surface area (Å²) in [4.78, 5) is 31.4. The minimum absolute atomic E-state index is 0.110. The average Bonchev–Trinajstić information content (AvgIpc) is 3.21. The zero-order chi connectivity index (χ0) is 25.5. The van der Waals surface area contributed by atoms with Crippen LogP contribution < -0.4 is 4.74 Å². The van der Waals surface area contributed by atoms with E-state index in [0.717, 1.165) is 11.1 Å². The molecule has 1 amide bonds. The van der Waals surface area contributed by atoms with Gasteiger partial charge in [0.15, 0.2) is 5.17 Å². The van der Waals surface area contributed by atoms with Crippen molar-refractivity contribution in [1.29, 1.82) is 5.26 Å². The number of thioether (sulfide) groups is 1. The van der Waals surface area contributed by atoms with E-state index in [4.69, 9.17) is 9.47 Å². The standard InChI is InChI=1S/C28H23N3O4S/c1-3-31-26(32)25(36-28(31)30-23-12-10-20(11-13-23)27(33)34-2)16-19-8-14-24(15-9-19)35-18-22-7-5-4-6-21(22)17-29/h4-16H,3,18H2,1-2H3/b25-16+,30-28?. The number of rotatable bonds is 7. The summed E-state index contributed by atoms with van der Waals surface area (Å²) in [6.45, 7) is 2.68. The van der Waals surface area contributed by atoms with Crippen LogP contribution in [0.2, 0.25) is 0 Å². The van der Waals surface area contributed by atoms with Crippen LogP contribution in [0.4, 0.5) is 5.69 Å². The Kier molecular flexibility index (Phi) is 7.83. The first-order valence-corrected chi connectivity index (χ1v) is 12.0. The lowest BCUT2D eigenvalue weighted by Crippen LogP contribution is -2.28. The van der Waals surface area contributed by atoms with Crippen molar-refractivity contribution in [2.75, 3.05) is 13.7 Å². The van der Waals surface area contributed by atoms with E-state index < -0.39 is 5.97 Å². The maximum absolute atomic E-state index is 13.0. The first-order valence-electron chi connectivity index (χ1n) is 11.2. The molecule has 0 aromatic heterocycles. The Hall–Kier alpha value is -4.35. The van der Waals surface area contributed by atoms with E-state index in [1.54, 1.807) is 35.2 Å². The van der Waals surface area contributed by atoms with Gasteiger partial charge in [0, 0.05) is 12.1 Å². The Labute approximate surface area is 213 Å². The molecule has 0 atom stereocenters. The summed E-state index contributed by atoms with van der Waals surface area (Å²) in [5, 5.41) is 9.80. The number of benzene rings is 3. The summed E-state index contributed by atoms with van der Waals surface area (Å²) in [6, 6.07) is 23.6. The molecule has 1 aliphatic rings. The molecular weight excluding hydrogens is 474 g/mol. The van der Waals surface area contributed by atoms with E-state index in [-0.39, 0.29) is 5.91 Å². The molecule has 180 valence electrons. The third kappa shape index (κ3) is 5.65. The summed E-state index contributed by atoms with van der Waals surface area (Å²) in [5.41, 5.74) is 3.34. The number of nitrogens with zero attached hydrogens (tertiary/aromatic N) is 3. The SMILES string of the molecule is CCN1C(=O)/C(=C\c2ccc(OCc3ccccc3C#N)cc2)SC1=Nc1ccc(C(=O)OC)cc1. The van der Waals surface area contributed by atoms with Gasteiger partial charge in [-0.3, -0.25) is 9.69 Å². The molecular formula is C28H23N3O4S. The Bertz CT molecular complexity index is 1370. The van der Waals surface area contributed by atoms with Crippen molar-refractivity contribution in [2.45, 2.75) is 13.5 Å². The molecule has 1 saturated heterocycles. The molecule has 0 unspecified atom stereocenters. The Morgan fingerprint density at radius 2 is 1.81 bits per heavy atom. The number of esters is 1. The van der Waals surface area contributed by atoms with E-state index in [2.05, 4.69) is 11.1 Å². The topological polar surface area (TPSA) is 92.0 Å². The van der Waals surface area contributed by atoms with E-state index in [1.165, 1.54) is 18.9 Å². The van der Waals surface area contributed by atoms with Gasteiger partial charge in [0.2, 0.25) is 0 Å². The maximum Gasteiger partial charge on any atom is 0.337 e. The highest BCUT2D eigenvalue weighted by Gasteiger charge is 2.32. The third-order valence-electron chi connectivity index (χ3n) is 5.43. The van der Waals surface area contributed by atoms with Crippen molar-refractivity contribution in [1.82, 2.24) is 4.90 Å². The fourth-order valence-corrected chi connectivity index (χ4v) is 4.56. The van der Waals surface area contributed by atoms with Gasteiger partial charge in [-0.2, -0.15) is 5.26 Å². The van der Waals surface area contributed by atoms with Gasteiger partial charge in [-0.15, -0.1) is 0 Å². The van der Waals surface area contributed by atoms with Gasteiger partial charge in [0.1, 0.15) is 12.4 Å². The van der Waals surface area contributed by atoms with Crippen LogP contribution in [0.5, 0.6) is 5.75 Å². The highest BCUT2D eigenvalue weighted by molar-refractivity contribution is 8.18. The van der Waals surface area contributed by atoms with Crippen LogP contribution in [0.25, 0.3) is 6.08 Å². The number of aliphatic imine (C=N–C) groups is 1. The number of ether oxygens (including phenoxy) is 2. The lowest BCUT2D eigenvalue weighted by molar-refractivity contribution is -0.122. The van der Waals surface area contributed by atoms with E-state index in [1.807, 2.05) is 55.5 Å². The average molecular weight is 498 g/mol. The second-order valence-corrected chi connectivity index (χ2v) is 8.73. The molecule has 1 fully saturated rings. The minimum atomic E-state index is -0.413. The molecule has 8 heteroatoms. The number of amides is 1. The highest BCUT2D eigenvalue weighted by Crippen LogP contribution is 2.34. The number of likely N-dealkylation sites (N-methyl/N-ethyl adjacent to an activating group) is 1. The van der Waals surface area contributed by atoms with Crippen LogP contribution in [0.1, 0.15) is 34.0 Å². The molecule has 0 aliphatic carbocycles. The van der Waals surface area contributed by atoms with Crippen molar-refractivity contribution in [3.05, 3.63) is 100.0 Å². The monoisotopic (exact) mass is 497 g/mol. The van der Waals surface area contributed by atoms with Gasteiger partial charge in [-0.1, -0.05) is 30.3 Å². The number of carbonyl (C=O) groups is 2. The number of nitriles is 1. The molecule has 4 rings (SSSR count). The molecule has 36 heavy (non-hydrogen) atoms. The number of carbonyl (C=O) groups excluding carboxylic acids is 2. The summed E-state index contributed by atoms with van der Waals surface area (Å²) in [5.74, 6) is 0.146. The van der Waals surface area contributed by atoms with Crippen molar-refractivity contribution in [3.8, 4) is 11.8 Å². The van der Waals surface area contributed by atoms with Crippen LogP contribution in [0, 0.1) is 11.3 Å². The summed E-state index contributed by atoms with van der Waals surface area (Å²) in [6.07, 6.45) is 1.83. The van der Waals surface area contributed by atoms with Crippen LogP contribution in [-0.2, 0) is 16.1 Å². The Balaban J connectivity index is 1.46. The van der Waals surface area contributed by atoms with Gasteiger partial charge in [-0.25, -0.2) is 9.79 Å².